The Morgan fingerprint density at radius 2 is 2.17 bits per heavy atom. The van der Waals surface area contributed by atoms with Crippen LogP contribution in [0.3, 0.4) is 0 Å². The van der Waals surface area contributed by atoms with E-state index < -0.39 is 11.8 Å². The van der Waals surface area contributed by atoms with Crippen molar-refractivity contribution in [2.45, 2.75) is 0 Å². The number of nitrogens with zero attached hydrogens (tertiary/aromatic N) is 1. The van der Waals surface area contributed by atoms with Crippen LogP contribution in [0.5, 0.6) is 0 Å². The third kappa shape index (κ3) is 1.66. The second kappa shape index (κ2) is 3.95. The molecule has 1 N–H and O–H groups in total. The summed E-state index contributed by atoms with van der Waals surface area (Å²) in [6.45, 7) is 4.01. The highest BCUT2D eigenvalue weighted by molar-refractivity contribution is 5.90. The van der Waals surface area contributed by atoms with Crippen molar-refractivity contribution in [3.05, 3.63) is 29.6 Å². The SMILES string of the molecule is COC(=O)c1ccc(N2CC3(CNC3)C2)cc1F. The highest BCUT2D eigenvalue weighted by atomic mass is 19.1. The van der Waals surface area contributed by atoms with Gasteiger partial charge in [-0.1, -0.05) is 0 Å². The number of hydrogen-bond donors (Lipinski definition) is 1. The number of anilines is 1. The number of nitrogens with one attached hydrogen (secondary N) is 1. The first-order chi connectivity index (χ1) is 8.63. The molecule has 4 nitrogen and oxygen atoms in total. The molecule has 1 aromatic carbocycles. The van der Waals surface area contributed by atoms with E-state index in [0.29, 0.717) is 5.41 Å². The van der Waals surface area contributed by atoms with Crippen LogP contribution in [0.15, 0.2) is 18.2 Å². The maximum atomic E-state index is 13.8. The van der Waals surface area contributed by atoms with E-state index in [0.717, 1.165) is 31.9 Å². The summed E-state index contributed by atoms with van der Waals surface area (Å²) in [5, 5.41) is 3.26. The lowest BCUT2D eigenvalue weighted by Gasteiger charge is -2.57. The molecule has 2 saturated heterocycles. The Balaban J connectivity index is 1.75. The Labute approximate surface area is 105 Å². The van der Waals surface area contributed by atoms with Crippen LogP contribution in [0.25, 0.3) is 0 Å². The summed E-state index contributed by atoms with van der Waals surface area (Å²) >= 11 is 0. The van der Waals surface area contributed by atoms with Crippen LogP contribution in [0, 0.1) is 11.2 Å². The topological polar surface area (TPSA) is 41.6 Å². The number of halogens is 1. The maximum Gasteiger partial charge on any atom is 0.340 e. The quantitative estimate of drug-likeness (QED) is 0.796. The highest BCUT2D eigenvalue weighted by Crippen LogP contribution is 2.37. The van der Waals surface area contributed by atoms with Crippen molar-refractivity contribution in [1.82, 2.24) is 5.32 Å². The van der Waals surface area contributed by atoms with Crippen molar-refractivity contribution >= 4 is 11.7 Å². The molecule has 2 aliphatic rings. The van der Waals surface area contributed by atoms with E-state index >= 15 is 0 Å². The van der Waals surface area contributed by atoms with Gasteiger partial charge in [-0.2, -0.15) is 0 Å². The van der Waals surface area contributed by atoms with Crippen molar-refractivity contribution in [1.29, 1.82) is 0 Å². The molecule has 2 fully saturated rings. The highest BCUT2D eigenvalue weighted by Gasteiger charge is 2.47. The molecule has 96 valence electrons. The molecule has 0 aliphatic carbocycles. The number of hydrogen-bond acceptors (Lipinski definition) is 4. The lowest BCUT2D eigenvalue weighted by molar-refractivity contribution is 0.0595. The molecule has 1 spiro atoms. The van der Waals surface area contributed by atoms with Crippen molar-refractivity contribution in [2.24, 2.45) is 5.41 Å². The van der Waals surface area contributed by atoms with Gasteiger partial charge in [0.05, 0.1) is 12.7 Å². The number of esters is 1. The molecule has 0 bridgehead atoms. The fourth-order valence-electron chi connectivity index (χ4n) is 2.62. The van der Waals surface area contributed by atoms with E-state index in [9.17, 15) is 9.18 Å². The Kier molecular flexibility index (Phi) is 2.52. The molecule has 5 heteroatoms. The van der Waals surface area contributed by atoms with Crippen LogP contribution in [0.1, 0.15) is 10.4 Å². The van der Waals surface area contributed by atoms with E-state index in [1.54, 1.807) is 6.07 Å². The van der Waals surface area contributed by atoms with Crippen molar-refractivity contribution in [3.8, 4) is 0 Å². The summed E-state index contributed by atoms with van der Waals surface area (Å²) in [6, 6.07) is 4.67. The molecule has 0 unspecified atom stereocenters. The predicted molar refractivity (Wildman–Crippen MR) is 65.3 cm³/mol. The maximum absolute atomic E-state index is 13.8. The zero-order chi connectivity index (χ0) is 12.8. The number of ether oxygens (including phenoxy) is 1. The fraction of sp³-hybridized carbons (Fsp3) is 0.462. The molecule has 18 heavy (non-hydrogen) atoms. The second-order valence-electron chi connectivity index (χ2n) is 5.12. The van der Waals surface area contributed by atoms with Crippen LogP contribution in [0.2, 0.25) is 0 Å². The number of carbonyl (C=O) groups is 1. The van der Waals surface area contributed by atoms with Crippen LogP contribution in [-0.4, -0.2) is 39.3 Å². The van der Waals surface area contributed by atoms with Gasteiger partial charge in [-0.15, -0.1) is 0 Å². The summed E-state index contributed by atoms with van der Waals surface area (Å²) in [4.78, 5) is 13.4. The van der Waals surface area contributed by atoms with Crippen molar-refractivity contribution < 1.29 is 13.9 Å². The van der Waals surface area contributed by atoms with E-state index in [2.05, 4.69) is 15.0 Å². The molecule has 0 amide bonds. The first kappa shape index (κ1) is 11.5. The standard InChI is InChI=1S/C13H15FN2O2/c1-18-12(17)10-3-2-9(4-11(10)14)16-7-13(8-16)5-15-6-13/h2-4,15H,5-8H2,1H3. The van der Waals surface area contributed by atoms with Gasteiger partial charge in [-0.05, 0) is 18.2 Å². The van der Waals surface area contributed by atoms with Crippen molar-refractivity contribution in [2.75, 3.05) is 38.2 Å². The normalized spacial score (nSPS) is 20.2. The summed E-state index contributed by atoms with van der Waals surface area (Å²) < 4.78 is 18.3. The first-order valence-corrected chi connectivity index (χ1v) is 5.97. The summed E-state index contributed by atoms with van der Waals surface area (Å²) in [7, 11) is 1.25. The molecule has 0 saturated carbocycles. The number of rotatable bonds is 2. The Bertz CT molecular complexity index is 492. The lowest BCUT2D eigenvalue weighted by Crippen LogP contribution is -2.71. The minimum absolute atomic E-state index is 0.0122. The minimum atomic E-state index is -0.637. The second-order valence-corrected chi connectivity index (χ2v) is 5.12. The molecule has 0 radical (unpaired) electrons. The van der Waals surface area contributed by atoms with Gasteiger partial charge in [-0.3, -0.25) is 0 Å². The molecular weight excluding hydrogens is 235 g/mol. The van der Waals surface area contributed by atoms with Crippen LogP contribution < -0.4 is 10.2 Å². The van der Waals surface area contributed by atoms with Crippen molar-refractivity contribution in [3.63, 3.8) is 0 Å². The molecule has 0 atom stereocenters. The van der Waals surface area contributed by atoms with Crippen LogP contribution >= 0.6 is 0 Å². The van der Waals surface area contributed by atoms with Gasteiger partial charge in [0, 0.05) is 37.3 Å². The first-order valence-electron chi connectivity index (χ1n) is 5.97. The van der Waals surface area contributed by atoms with Gasteiger partial charge in [0.25, 0.3) is 0 Å². The molecule has 2 aliphatic heterocycles. The summed E-state index contributed by atoms with van der Waals surface area (Å²) in [6.07, 6.45) is 0. The molecule has 3 rings (SSSR count). The van der Waals surface area contributed by atoms with Gasteiger partial charge in [0.15, 0.2) is 0 Å². The molecule has 1 aromatic rings. The largest absolute Gasteiger partial charge is 0.465 e. The third-order valence-electron chi connectivity index (χ3n) is 3.78. The number of methoxy groups -OCH3 is 1. The van der Waals surface area contributed by atoms with Gasteiger partial charge < -0.3 is 15.0 Å². The lowest BCUT2D eigenvalue weighted by atomic mass is 9.74. The van der Waals surface area contributed by atoms with Crippen LogP contribution in [-0.2, 0) is 4.74 Å². The average Bonchev–Trinajstić information content (AvgIpc) is 2.24. The van der Waals surface area contributed by atoms with E-state index in [4.69, 9.17) is 0 Å². The van der Waals surface area contributed by atoms with E-state index in [-0.39, 0.29) is 5.56 Å². The zero-order valence-corrected chi connectivity index (χ0v) is 10.2. The monoisotopic (exact) mass is 250 g/mol. The van der Waals surface area contributed by atoms with E-state index in [1.165, 1.54) is 19.2 Å². The smallest absolute Gasteiger partial charge is 0.340 e. The molecule has 0 aromatic heterocycles. The number of benzene rings is 1. The fourth-order valence-corrected chi connectivity index (χ4v) is 2.62. The zero-order valence-electron chi connectivity index (χ0n) is 10.2. The summed E-state index contributed by atoms with van der Waals surface area (Å²) in [5.41, 5.74) is 1.22. The van der Waals surface area contributed by atoms with Gasteiger partial charge in [0.2, 0.25) is 0 Å². The Morgan fingerprint density at radius 3 is 2.67 bits per heavy atom. The Morgan fingerprint density at radius 1 is 1.44 bits per heavy atom. The van der Waals surface area contributed by atoms with Gasteiger partial charge in [-0.25, -0.2) is 9.18 Å². The van der Waals surface area contributed by atoms with E-state index in [1.807, 2.05) is 0 Å². The molecule has 2 heterocycles. The number of carbonyl (C=O) groups excluding carboxylic acids is 1. The van der Waals surface area contributed by atoms with Gasteiger partial charge in [0.1, 0.15) is 5.82 Å². The third-order valence-corrected chi connectivity index (χ3v) is 3.78. The summed E-state index contributed by atoms with van der Waals surface area (Å²) in [5.74, 6) is -1.16. The molecular formula is C13H15FN2O2. The predicted octanol–water partition coefficient (Wildman–Crippen LogP) is 1.02. The van der Waals surface area contributed by atoms with Crippen LogP contribution in [0.4, 0.5) is 10.1 Å². The Hall–Kier alpha value is -1.62. The minimum Gasteiger partial charge on any atom is -0.465 e. The average molecular weight is 250 g/mol. The van der Waals surface area contributed by atoms with Gasteiger partial charge >= 0.3 is 5.97 Å².